The van der Waals surface area contributed by atoms with Gasteiger partial charge in [0.25, 0.3) is 0 Å². The fraction of sp³-hybridized carbons (Fsp3) is 0.792. The molecule has 1 rings (SSSR count). The molecule has 0 aromatic carbocycles. The molecule has 0 aromatic rings. The molecule has 0 atom stereocenters. The molecule has 2 N–H and O–H groups in total. The Hall–Kier alpha value is -1.17. The van der Waals surface area contributed by atoms with E-state index in [1.807, 2.05) is 5.01 Å². The van der Waals surface area contributed by atoms with E-state index in [1.54, 1.807) is 0 Å². The zero-order chi connectivity index (χ0) is 21.0. The van der Waals surface area contributed by atoms with Gasteiger partial charge in [-0.3, -0.25) is 15.5 Å². The molecule has 1 fully saturated rings. The predicted octanol–water partition coefficient (Wildman–Crippen LogP) is 4.83. The summed E-state index contributed by atoms with van der Waals surface area (Å²) in [6.07, 6.45) is 22.9. The van der Waals surface area contributed by atoms with Crippen LogP contribution in [0.4, 0.5) is 0 Å². The molecule has 0 radical (unpaired) electrons. The zero-order valence-corrected chi connectivity index (χ0v) is 18.8. The van der Waals surface area contributed by atoms with Crippen molar-refractivity contribution in [2.24, 2.45) is 5.84 Å². The highest BCUT2D eigenvalue weighted by Gasteiger charge is 2.14. The van der Waals surface area contributed by atoms with Crippen LogP contribution in [0.15, 0.2) is 24.3 Å². The van der Waals surface area contributed by atoms with Crippen LogP contribution in [-0.4, -0.2) is 55.2 Å². The highest BCUT2D eigenvalue weighted by molar-refractivity contribution is 5.69. The number of nitrogens with two attached hydrogens (primary N) is 1. The maximum absolute atomic E-state index is 11.8. The van der Waals surface area contributed by atoms with Crippen molar-refractivity contribution in [2.45, 2.75) is 84.0 Å². The molecule has 1 heterocycles. The molecule has 1 aliphatic rings. The van der Waals surface area contributed by atoms with Gasteiger partial charge in [0.15, 0.2) is 0 Å². The Labute approximate surface area is 179 Å². The van der Waals surface area contributed by atoms with Gasteiger partial charge >= 0.3 is 5.97 Å². The van der Waals surface area contributed by atoms with Crippen LogP contribution in [0.3, 0.4) is 0 Å². The van der Waals surface area contributed by atoms with Gasteiger partial charge in [-0.05, 0) is 38.5 Å². The lowest BCUT2D eigenvalue weighted by Crippen LogP contribution is -2.50. The number of unbranched alkanes of at least 4 members (excludes halogenated alkanes) is 8. The highest BCUT2D eigenvalue weighted by Crippen LogP contribution is 2.09. The third-order valence-corrected chi connectivity index (χ3v) is 5.41. The fourth-order valence-corrected chi connectivity index (χ4v) is 3.43. The average molecular weight is 408 g/mol. The molecular weight excluding hydrogens is 362 g/mol. The van der Waals surface area contributed by atoms with E-state index in [-0.39, 0.29) is 5.97 Å². The highest BCUT2D eigenvalue weighted by atomic mass is 16.5. The predicted molar refractivity (Wildman–Crippen MR) is 123 cm³/mol. The van der Waals surface area contributed by atoms with E-state index in [1.165, 1.54) is 51.4 Å². The van der Waals surface area contributed by atoms with Gasteiger partial charge in [-0.25, -0.2) is 5.01 Å². The van der Waals surface area contributed by atoms with Gasteiger partial charge in [0.2, 0.25) is 0 Å². The van der Waals surface area contributed by atoms with Crippen LogP contribution in [0.25, 0.3) is 0 Å². The van der Waals surface area contributed by atoms with Crippen LogP contribution in [0.2, 0.25) is 0 Å². The topological polar surface area (TPSA) is 58.8 Å². The van der Waals surface area contributed by atoms with Gasteiger partial charge in [0, 0.05) is 39.1 Å². The van der Waals surface area contributed by atoms with E-state index in [9.17, 15) is 4.79 Å². The van der Waals surface area contributed by atoms with Gasteiger partial charge in [-0.1, -0.05) is 63.3 Å². The second-order valence-corrected chi connectivity index (χ2v) is 8.08. The number of ether oxygens (including phenoxy) is 1. The second-order valence-electron chi connectivity index (χ2n) is 8.08. The minimum absolute atomic E-state index is 0.0480. The van der Waals surface area contributed by atoms with Crippen LogP contribution >= 0.6 is 0 Å². The number of carbonyl (C=O) groups excluding carboxylic acids is 1. The van der Waals surface area contributed by atoms with E-state index < -0.39 is 0 Å². The number of rotatable bonds is 17. The third-order valence-electron chi connectivity index (χ3n) is 5.41. The molecule has 0 aromatic heterocycles. The second kappa shape index (κ2) is 18.8. The Bertz CT molecular complexity index is 443. The Morgan fingerprint density at radius 3 is 2.17 bits per heavy atom. The molecule has 1 saturated heterocycles. The third kappa shape index (κ3) is 16.3. The first kappa shape index (κ1) is 25.9. The molecule has 5 nitrogen and oxygen atoms in total. The lowest BCUT2D eigenvalue weighted by Gasteiger charge is -2.31. The van der Waals surface area contributed by atoms with Crippen molar-refractivity contribution in [3.63, 3.8) is 0 Å². The van der Waals surface area contributed by atoms with Crippen molar-refractivity contribution in [1.29, 1.82) is 0 Å². The number of esters is 1. The summed E-state index contributed by atoms with van der Waals surface area (Å²) in [6.45, 7) is 7.26. The minimum atomic E-state index is -0.0480. The molecule has 0 spiro atoms. The Morgan fingerprint density at radius 2 is 1.48 bits per heavy atom. The van der Waals surface area contributed by atoms with Crippen LogP contribution in [0.5, 0.6) is 0 Å². The van der Waals surface area contributed by atoms with E-state index in [0.717, 1.165) is 52.0 Å². The monoisotopic (exact) mass is 407 g/mol. The smallest absolute Gasteiger partial charge is 0.305 e. The van der Waals surface area contributed by atoms with Crippen LogP contribution < -0.4 is 5.84 Å². The molecular formula is C24H45N3O2. The van der Waals surface area contributed by atoms with Gasteiger partial charge in [-0.2, -0.15) is 0 Å². The Morgan fingerprint density at radius 1 is 0.862 bits per heavy atom. The molecule has 0 unspecified atom stereocenters. The first-order valence-electron chi connectivity index (χ1n) is 11.9. The Kier molecular flexibility index (Phi) is 16.8. The lowest BCUT2D eigenvalue weighted by molar-refractivity contribution is -0.144. The van der Waals surface area contributed by atoms with Gasteiger partial charge in [0.05, 0.1) is 0 Å². The maximum atomic E-state index is 11.8. The van der Waals surface area contributed by atoms with E-state index >= 15 is 0 Å². The number of allylic oxidation sites excluding steroid dienone is 4. The number of hydrazine groups is 1. The maximum Gasteiger partial charge on any atom is 0.305 e. The number of piperazine rings is 1. The standard InChI is InChI=1S/C24H45N3O2/c1-2-3-4-5-6-7-8-9-10-11-12-13-14-15-16-17-24(28)29-23-22-26-18-20-27(25)21-19-26/h6-7,9-10H,2-5,8,11-23,25H2,1H3/b7-6-,10-9-. The summed E-state index contributed by atoms with van der Waals surface area (Å²) >= 11 is 0. The summed E-state index contributed by atoms with van der Waals surface area (Å²) in [5.41, 5.74) is 0. The van der Waals surface area contributed by atoms with E-state index in [4.69, 9.17) is 10.6 Å². The molecule has 0 saturated carbocycles. The van der Waals surface area contributed by atoms with Crippen molar-refractivity contribution in [3.8, 4) is 0 Å². The minimum Gasteiger partial charge on any atom is -0.464 e. The number of hydrogen-bond donors (Lipinski definition) is 1. The van der Waals surface area contributed by atoms with E-state index in [2.05, 4.69) is 36.1 Å². The summed E-state index contributed by atoms with van der Waals surface area (Å²) in [7, 11) is 0. The van der Waals surface area contributed by atoms with Gasteiger partial charge in [0.1, 0.15) is 6.61 Å². The first-order chi connectivity index (χ1) is 14.2. The van der Waals surface area contributed by atoms with Crippen molar-refractivity contribution < 1.29 is 9.53 Å². The average Bonchev–Trinajstić information content (AvgIpc) is 2.72. The molecule has 0 aliphatic carbocycles. The first-order valence-corrected chi connectivity index (χ1v) is 11.9. The fourth-order valence-electron chi connectivity index (χ4n) is 3.43. The van der Waals surface area contributed by atoms with E-state index in [0.29, 0.717) is 13.0 Å². The number of hydrogen-bond acceptors (Lipinski definition) is 5. The summed E-state index contributed by atoms with van der Waals surface area (Å²) in [5.74, 6) is 5.69. The van der Waals surface area contributed by atoms with Crippen LogP contribution in [0.1, 0.15) is 84.0 Å². The molecule has 0 bridgehead atoms. The molecule has 29 heavy (non-hydrogen) atoms. The van der Waals surface area contributed by atoms with Crippen molar-refractivity contribution in [1.82, 2.24) is 9.91 Å². The van der Waals surface area contributed by atoms with Crippen molar-refractivity contribution >= 4 is 5.97 Å². The summed E-state index contributed by atoms with van der Waals surface area (Å²) in [4.78, 5) is 14.1. The Balaban J connectivity index is 1.82. The van der Waals surface area contributed by atoms with Crippen LogP contribution in [-0.2, 0) is 9.53 Å². The number of nitrogens with zero attached hydrogens (tertiary/aromatic N) is 2. The summed E-state index contributed by atoms with van der Waals surface area (Å²) in [5, 5.41) is 1.84. The molecule has 168 valence electrons. The van der Waals surface area contributed by atoms with Gasteiger partial charge in [-0.15, -0.1) is 0 Å². The zero-order valence-electron chi connectivity index (χ0n) is 18.8. The number of carbonyl (C=O) groups is 1. The normalized spacial score (nSPS) is 16.2. The molecule has 5 heteroatoms. The molecule has 1 aliphatic heterocycles. The van der Waals surface area contributed by atoms with Crippen LogP contribution in [0, 0.1) is 0 Å². The van der Waals surface area contributed by atoms with Crippen molar-refractivity contribution in [3.05, 3.63) is 24.3 Å². The summed E-state index contributed by atoms with van der Waals surface area (Å²) < 4.78 is 5.35. The van der Waals surface area contributed by atoms with Gasteiger partial charge < -0.3 is 4.74 Å². The summed E-state index contributed by atoms with van der Waals surface area (Å²) in [6, 6.07) is 0. The lowest BCUT2D eigenvalue weighted by atomic mass is 10.1. The quantitative estimate of drug-likeness (QED) is 0.162. The van der Waals surface area contributed by atoms with Crippen molar-refractivity contribution in [2.75, 3.05) is 39.3 Å². The largest absolute Gasteiger partial charge is 0.464 e. The SMILES string of the molecule is CCCCC/C=C\C/C=C\CCCCCCCC(=O)OCCN1CCN(N)CC1. The molecule has 0 amide bonds.